The molecule has 7 heteroatoms. The van der Waals surface area contributed by atoms with E-state index in [4.69, 9.17) is 16.7 Å². The SMILES string of the molecule is CC(C)CC(=O)Nc1ccc(Cl)c(C(=O)NCCCCC(=O)O)c1. The summed E-state index contributed by atoms with van der Waals surface area (Å²) in [6.45, 7) is 4.27. The minimum Gasteiger partial charge on any atom is -0.481 e. The van der Waals surface area contributed by atoms with E-state index >= 15 is 0 Å². The van der Waals surface area contributed by atoms with E-state index in [-0.39, 0.29) is 29.7 Å². The van der Waals surface area contributed by atoms with Crippen LogP contribution < -0.4 is 10.6 Å². The van der Waals surface area contributed by atoms with Crippen LogP contribution in [0.15, 0.2) is 18.2 Å². The van der Waals surface area contributed by atoms with Crippen LogP contribution in [-0.2, 0) is 9.59 Å². The third-order valence-corrected chi connectivity index (χ3v) is 3.52. The second kappa shape index (κ2) is 9.93. The van der Waals surface area contributed by atoms with Crippen molar-refractivity contribution in [3.05, 3.63) is 28.8 Å². The molecule has 0 aliphatic rings. The fourth-order valence-corrected chi connectivity index (χ4v) is 2.26. The normalized spacial score (nSPS) is 10.5. The first-order valence-corrected chi connectivity index (χ1v) is 8.26. The highest BCUT2D eigenvalue weighted by molar-refractivity contribution is 6.34. The molecule has 2 amide bonds. The van der Waals surface area contributed by atoms with Crippen LogP contribution in [0.4, 0.5) is 5.69 Å². The molecule has 0 spiro atoms. The van der Waals surface area contributed by atoms with Crippen molar-refractivity contribution in [2.75, 3.05) is 11.9 Å². The first kappa shape index (κ1) is 20.0. The monoisotopic (exact) mass is 354 g/mol. The predicted molar refractivity (Wildman–Crippen MR) is 93.4 cm³/mol. The van der Waals surface area contributed by atoms with Crippen LogP contribution in [0.5, 0.6) is 0 Å². The summed E-state index contributed by atoms with van der Waals surface area (Å²) in [5.74, 6) is -1.08. The van der Waals surface area contributed by atoms with E-state index in [1.54, 1.807) is 12.1 Å². The molecule has 0 bridgehead atoms. The molecular formula is C17H23ClN2O4. The Morgan fingerprint density at radius 1 is 1.21 bits per heavy atom. The van der Waals surface area contributed by atoms with Crippen molar-refractivity contribution in [3.8, 4) is 0 Å². The molecule has 132 valence electrons. The topological polar surface area (TPSA) is 95.5 Å². The Morgan fingerprint density at radius 2 is 1.92 bits per heavy atom. The van der Waals surface area contributed by atoms with Gasteiger partial charge in [-0.1, -0.05) is 25.4 Å². The Morgan fingerprint density at radius 3 is 2.54 bits per heavy atom. The number of amides is 2. The zero-order valence-corrected chi connectivity index (χ0v) is 14.7. The highest BCUT2D eigenvalue weighted by Gasteiger charge is 2.12. The minimum atomic E-state index is -0.853. The molecule has 0 heterocycles. The Balaban J connectivity index is 2.60. The number of benzene rings is 1. The number of anilines is 1. The molecule has 0 aliphatic carbocycles. The van der Waals surface area contributed by atoms with Gasteiger partial charge in [-0.15, -0.1) is 0 Å². The van der Waals surface area contributed by atoms with Crippen LogP contribution in [0.3, 0.4) is 0 Å². The number of carboxylic acid groups (broad SMARTS) is 1. The number of aliphatic carboxylic acids is 1. The van der Waals surface area contributed by atoms with Gasteiger partial charge >= 0.3 is 5.97 Å². The molecule has 1 rings (SSSR count). The molecule has 0 saturated carbocycles. The Bertz CT molecular complexity index is 602. The zero-order valence-electron chi connectivity index (χ0n) is 13.9. The third-order valence-electron chi connectivity index (χ3n) is 3.19. The van der Waals surface area contributed by atoms with E-state index in [1.165, 1.54) is 6.07 Å². The number of nitrogens with one attached hydrogen (secondary N) is 2. The van der Waals surface area contributed by atoms with Crippen molar-refractivity contribution in [2.45, 2.75) is 39.5 Å². The van der Waals surface area contributed by atoms with Gasteiger partial charge in [0.05, 0.1) is 10.6 Å². The van der Waals surface area contributed by atoms with E-state index in [2.05, 4.69) is 10.6 Å². The highest BCUT2D eigenvalue weighted by atomic mass is 35.5. The van der Waals surface area contributed by atoms with Gasteiger partial charge in [-0.3, -0.25) is 14.4 Å². The molecule has 0 radical (unpaired) electrons. The quantitative estimate of drug-likeness (QED) is 0.593. The maximum absolute atomic E-state index is 12.2. The lowest BCUT2D eigenvalue weighted by atomic mass is 10.1. The van der Waals surface area contributed by atoms with Gasteiger partial charge in [0.25, 0.3) is 5.91 Å². The maximum Gasteiger partial charge on any atom is 0.303 e. The molecule has 3 N–H and O–H groups in total. The van der Waals surface area contributed by atoms with Gasteiger partial charge in [-0.05, 0) is 37.0 Å². The zero-order chi connectivity index (χ0) is 18.1. The van der Waals surface area contributed by atoms with Gasteiger partial charge in [-0.2, -0.15) is 0 Å². The lowest BCUT2D eigenvalue weighted by Gasteiger charge is -2.11. The van der Waals surface area contributed by atoms with E-state index in [0.29, 0.717) is 36.5 Å². The van der Waals surface area contributed by atoms with Crippen LogP contribution in [0.1, 0.15) is 49.9 Å². The van der Waals surface area contributed by atoms with Gasteiger partial charge in [-0.25, -0.2) is 0 Å². The van der Waals surface area contributed by atoms with Crippen molar-refractivity contribution in [1.29, 1.82) is 0 Å². The number of halogens is 1. The molecular weight excluding hydrogens is 332 g/mol. The van der Waals surface area contributed by atoms with Gasteiger partial charge in [0, 0.05) is 25.1 Å². The van der Waals surface area contributed by atoms with E-state index in [9.17, 15) is 14.4 Å². The van der Waals surface area contributed by atoms with Gasteiger partial charge in [0.1, 0.15) is 0 Å². The lowest BCUT2D eigenvalue weighted by molar-refractivity contribution is -0.137. The van der Waals surface area contributed by atoms with Crippen LogP contribution in [0.2, 0.25) is 5.02 Å². The van der Waals surface area contributed by atoms with Crippen LogP contribution in [-0.4, -0.2) is 29.4 Å². The third kappa shape index (κ3) is 7.46. The van der Waals surface area contributed by atoms with E-state index < -0.39 is 5.97 Å². The number of hydrogen-bond acceptors (Lipinski definition) is 3. The Kier molecular flexibility index (Phi) is 8.26. The minimum absolute atomic E-state index is 0.0774. The van der Waals surface area contributed by atoms with E-state index in [0.717, 1.165) is 0 Å². The number of carbonyl (C=O) groups excluding carboxylic acids is 2. The number of rotatable bonds is 9. The fraction of sp³-hybridized carbons (Fsp3) is 0.471. The van der Waals surface area contributed by atoms with Crippen molar-refractivity contribution in [2.24, 2.45) is 5.92 Å². The summed E-state index contributed by atoms with van der Waals surface area (Å²) >= 11 is 6.04. The molecule has 1 aromatic rings. The summed E-state index contributed by atoms with van der Waals surface area (Å²) in [5, 5.41) is 14.3. The van der Waals surface area contributed by atoms with Crippen molar-refractivity contribution in [1.82, 2.24) is 5.32 Å². The molecule has 0 saturated heterocycles. The first-order chi connectivity index (χ1) is 11.3. The average Bonchev–Trinajstić information content (AvgIpc) is 2.47. The number of unbranched alkanes of at least 4 members (excludes halogenated alkanes) is 1. The predicted octanol–water partition coefficient (Wildman–Crippen LogP) is 3.31. The average molecular weight is 355 g/mol. The van der Waals surface area contributed by atoms with Gasteiger partial charge in [0.15, 0.2) is 0 Å². The molecule has 0 aromatic heterocycles. The number of hydrogen-bond donors (Lipinski definition) is 3. The lowest BCUT2D eigenvalue weighted by Crippen LogP contribution is -2.25. The summed E-state index contributed by atoms with van der Waals surface area (Å²) in [5.41, 5.74) is 0.790. The van der Waals surface area contributed by atoms with Crippen LogP contribution >= 0.6 is 11.6 Å². The summed E-state index contributed by atoms with van der Waals surface area (Å²) in [6, 6.07) is 4.74. The molecule has 24 heavy (non-hydrogen) atoms. The molecule has 0 fully saturated rings. The molecule has 0 atom stereocenters. The number of carbonyl (C=O) groups is 3. The smallest absolute Gasteiger partial charge is 0.303 e. The van der Waals surface area contributed by atoms with Crippen LogP contribution in [0, 0.1) is 5.92 Å². The Labute approximate surface area is 146 Å². The van der Waals surface area contributed by atoms with Crippen molar-refractivity contribution < 1.29 is 19.5 Å². The first-order valence-electron chi connectivity index (χ1n) is 7.89. The highest BCUT2D eigenvalue weighted by Crippen LogP contribution is 2.21. The summed E-state index contributed by atoms with van der Waals surface area (Å²) < 4.78 is 0. The summed E-state index contributed by atoms with van der Waals surface area (Å²) in [7, 11) is 0. The molecule has 6 nitrogen and oxygen atoms in total. The molecule has 1 aromatic carbocycles. The second-order valence-corrected chi connectivity index (χ2v) is 6.35. The summed E-state index contributed by atoms with van der Waals surface area (Å²) in [4.78, 5) is 34.4. The van der Waals surface area contributed by atoms with Crippen molar-refractivity contribution in [3.63, 3.8) is 0 Å². The fourth-order valence-electron chi connectivity index (χ4n) is 2.06. The largest absolute Gasteiger partial charge is 0.481 e. The summed E-state index contributed by atoms with van der Waals surface area (Å²) in [6.07, 6.45) is 1.54. The Hall–Kier alpha value is -2.08. The van der Waals surface area contributed by atoms with Gasteiger partial charge in [0.2, 0.25) is 5.91 Å². The molecule has 0 unspecified atom stereocenters. The van der Waals surface area contributed by atoms with Gasteiger partial charge < -0.3 is 15.7 Å². The standard InChI is InChI=1S/C17H23ClN2O4/c1-11(2)9-15(21)20-12-6-7-14(18)13(10-12)17(24)19-8-4-3-5-16(22)23/h6-7,10-11H,3-5,8-9H2,1-2H3,(H,19,24)(H,20,21)(H,22,23). The number of carboxylic acids is 1. The van der Waals surface area contributed by atoms with E-state index in [1.807, 2.05) is 13.8 Å². The molecule has 0 aliphatic heterocycles. The van der Waals surface area contributed by atoms with Crippen molar-refractivity contribution >= 4 is 35.1 Å². The second-order valence-electron chi connectivity index (χ2n) is 5.95. The van der Waals surface area contributed by atoms with Crippen LogP contribution in [0.25, 0.3) is 0 Å². The maximum atomic E-state index is 12.2.